The van der Waals surface area contributed by atoms with Crippen molar-refractivity contribution in [3.8, 4) is 0 Å². The number of rotatable bonds is 0. The first kappa shape index (κ1) is 14.9. The maximum atomic E-state index is 11.5. The fraction of sp³-hybridized carbons (Fsp3) is 0. The zero-order valence-electron chi connectivity index (χ0n) is 8.39. The molecule has 0 unspecified atom stereocenters. The number of aromatic amines is 2. The molecule has 0 atom stereocenters. The third-order valence-corrected chi connectivity index (χ3v) is 3.31. The maximum absolute atomic E-state index is 11.5. The molecule has 3 rings (SSSR count). The molecule has 3 aromatic rings. The van der Waals surface area contributed by atoms with Gasteiger partial charge in [0.1, 0.15) is 20.2 Å². The van der Waals surface area contributed by atoms with Crippen LogP contribution in [0.4, 0.5) is 0 Å². The molecule has 3 aromatic heterocycles. The van der Waals surface area contributed by atoms with Crippen LogP contribution >= 0.6 is 47.8 Å². The number of H-pyrrole nitrogens is 2. The second kappa shape index (κ2) is 5.23. The second-order valence-corrected chi connectivity index (χ2v) is 4.45. The lowest BCUT2D eigenvalue weighted by Crippen LogP contribution is -2.20. The van der Waals surface area contributed by atoms with Gasteiger partial charge in [-0.1, -0.05) is 11.6 Å². The molecule has 3 heterocycles. The van der Waals surface area contributed by atoms with E-state index >= 15 is 0 Å². The molecule has 0 saturated heterocycles. The van der Waals surface area contributed by atoms with Crippen molar-refractivity contribution < 1.29 is 0 Å². The van der Waals surface area contributed by atoms with Gasteiger partial charge in [-0.25, -0.2) is 14.8 Å². The number of thiophene rings is 1. The predicted octanol–water partition coefficient (Wildman–Crippen LogP) is 1.72. The molecule has 2 N–H and O–H groups in total. The number of nitrogens with zero attached hydrogens (tertiary/aromatic N) is 2. The van der Waals surface area contributed by atoms with Gasteiger partial charge < -0.3 is 4.98 Å². The highest BCUT2D eigenvalue weighted by molar-refractivity contribution is 7.25. The first-order chi connectivity index (χ1) is 7.65. The highest BCUT2D eigenvalue weighted by Crippen LogP contribution is 2.26. The molecule has 0 aromatic carbocycles. The van der Waals surface area contributed by atoms with E-state index in [1.807, 2.05) is 0 Å². The van der Waals surface area contributed by atoms with Crippen LogP contribution in [0.25, 0.3) is 20.6 Å². The molecule has 18 heavy (non-hydrogen) atoms. The second-order valence-electron chi connectivity index (χ2n) is 3.06. The van der Waals surface area contributed by atoms with Crippen molar-refractivity contribution in [3.05, 3.63) is 32.2 Å². The Hall–Kier alpha value is -1.15. The van der Waals surface area contributed by atoms with Crippen molar-refractivity contribution in [2.75, 3.05) is 0 Å². The summed E-state index contributed by atoms with van der Waals surface area (Å²) in [5.41, 5.74) is -0.196. The van der Waals surface area contributed by atoms with Crippen molar-refractivity contribution in [3.63, 3.8) is 0 Å². The van der Waals surface area contributed by atoms with Crippen molar-refractivity contribution in [2.24, 2.45) is 0 Å². The maximum Gasteiger partial charge on any atom is 0.326 e. The summed E-state index contributed by atoms with van der Waals surface area (Å²) in [7, 11) is 0. The lowest BCUT2D eigenvalue weighted by atomic mass is 10.4. The summed E-state index contributed by atoms with van der Waals surface area (Å²) in [6.45, 7) is 0. The van der Waals surface area contributed by atoms with Gasteiger partial charge in [0.15, 0.2) is 0 Å². The summed E-state index contributed by atoms with van der Waals surface area (Å²) in [5.74, 6) is 0. The molecule has 0 aliphatic carbocycles. The lowest BCUT2D eigenvalue weighted by Gasteiger charge is -1.90. The third-order valence-electron chi connectivity index (χ3n) is 2.04. The van der Waals surface area contributed by atoms with E-state index in [4.69, 9.17) is 11.6 Å². The molecule has 0 aliphatic heterocycles. The first-order valence-electron chi connectivity index (χ1n) is 4.22. The zero-order chi connectivity index (χ0) is 11.3. The molecule has 0 amide bonds. The average Bonchev–Trinajstić information content (AvgIpc) is 2.57. The number of hydrogen-bond acceptors (Lipinski definition) is 5. The minimum absolute atomic E-state index is 0. The third kappa shape index (κ3) is 2.22. The van der Waals surface area contributed by atoms with Gasteiger partial charge in [0, 0.05) is 0 Å². The summed E-state index contributed by atoms with van der Waals surface area (Å²) in [6, 6.07) is 0. The van der Waals surface area contributed by atoms with E-state index in [0.717, 1.165) is 11.3 Å². The number of aromatic nitrogens is 4. The topological polar surface area (TPSA) is 91.5 Å². The van der Waals surface area contributed by atoms with E-state index in [1.165, 1.54) is 6.20 Å². The van der Waals surface area contributed by atoms with Crippen molar-refractivity contribution in [1.82, 2.24) is 19.9 Å². The summed E-state index contributed by atoms with van der Waals surface area (Å²) < 4.78 is 0.386. The van der Waals surface area contributed by atoms with Gasteiger partial charge in [-0.15, -0.1) is 36.2 Å². The van der Waals surface area contributed by atoms with Gasteiger partial charge in [-0.05, 0) is 0 Å². The monoisotopic (exact) mass is 326 g/mol. The van der Waals surface area contributed by atoms with E-state index in [1.54, 1.807) is 0 Å². The molecule has 0 radical (unpaired) electrons. The summed E-state index contributed by atoms with van der Waals surface area (Å²) in [6.07, 6.45) is 1.39. The smallest absolute Gasteiger partial charge is 0.304 e. The molecule has 6 nitrogen and oxygen atoms in total. The minimum Gasteiger partial charge on any atom is -0.304 e. The quantitative estimate of drug-likeness (QED) is 0.657. The number of halogens is 3. The Bertz CT molecular complexity index is 824. The van der Waals surface area contributed by atoms with Crippen molar-refractivity contribution >= 4 is 68.3 Å². The van der Waals surface area contributed by atoms with Gasteiger partial charge in [0.2, 0.25) is 0 Å². The van der Waals surface area contributed by atoms with Crippen molar-refractivity contribution in [2.45, 2.75) is 0 Å². The van der Waals surface area contributed by atoms with Crippen LogP contribution in [0.3, 0.4) is 0 Å². The Labute approximate surface area is 120 Å². The molecule has 10 heteroatoms. The molecule has 0 aliphatic rings. The molecule has 0 fully saturated rings. The van der Waals surface area contributed by atoms with Gasteiger partial charge in [-0.3, -0.25) is 9.78 Å². The van der Waals surface area contributed by atoms with E-state index in [9.17, 15) is 9.59 Å². The fourth-order valence-corrected chi connectivity index (χ4v) is 2.50. The van der Waals surface area contributed by atoms with Crippen LogP contribution in [0, 0.1) is 0 Å². The van der Waals surface area contributed by atoms with Gasteiger partial charge in [-0.2, -0.15) is 0 Å². The van der Waals surface area contributed by atoms with Crippen LogP contribution in [0.2, 0.25) is 5.15 Å². The number of nitrogens with one attached hydrogen (secondary N) is 2. The van der Waals surface area contributed by atoms with Gasteiger partial charge in [0.05, 0.1) is 11.7 Å². The van der Waals surface area contributed by atoms with Crippen LogP contribution in [-0.2, 0) is 0 Å². The molecular formula is C8H5Cl3N4O2S. The van der Waals surface area contributed by atoms with Crippen LogP contribution in [0.5, 0.6) is 0 Å². The number of hydrogen-bond donors (Lipinski definition) is 2. The molecular weight excluding hydrogens is 323 g/mol. The van der Waals surface area contributed by atoms with E-state index in [0.29, 0.717) is 20.6 Å². The molecule has 0 saturated carbocycles. The lowest BCUT2D eigenvalue weighted by molar-refractivity contribution is 1.09. The highest BCUT2D eigenvalue weighted by Gasteiger charge is 2.11. The average molecular weight is 328 g/mol. The van der Waals surface area contributed by atoms with E-state index in [-0.39, 0.29) is 30.0 Å². The first-order valence-corrected chi connectivity index (χ1v) is 5.42. The Kier molecular flexibility index (Phi) is 4.33. The SMILES string of the molecule is Cl.Cl.O=c1[nH]c(=O)c2sc3ncc(Cl)nc3c2[nH]1. The van der Waals surface area contributed by atoms with Gasteiger partial charge in [0.25, 0.3) is 5.56 Å². The minimum atomic E-state index is -0.570. The van der Waals surface area contributed by atoms with E-state index < -0.39 is 11.2 Å². The summed E-state index contributed by atoms with van der Waals surface area (Å²) >= 11 is 6.87. The predicted molar refractivity (Wildman–Crippen MR) is 75.7 cm³/mol. The normalized spacial score (nSPS) is 10.1. The molecule has 0 bridgehead atoms. The van der Waals surface area contributed by atoms with Crippen LogP contribution in [0.1, 0.15) is 0 Å². The van der Waals surface area contributed by atoms with Gasteiger partial charge >= 0.3 is 5.69 Å². The standard InChI is InChI=1S/C8H3ClN4O2S.2ClH/c9-2-1-10-7-4(11-2)3-5(16-7)6(14)13-8(15)12-3;;/h1H,(H2,12,13,14,15);2*1H. The Morgan fingerprint density at radius 1 is 1.22 bits per heavy atom. The van der Waals surface area contributed by atoms with E-state index in [2.05, 4.69) is 19.9 Å². The number of fused-ring (bicyclic) bond motifs is 3. The highest BCUT2D eigenvalue weighted by atomic mass is 35.5. The van der Waals surface area contributed by atoms with Crippen molar-refractivity contribution in [1.29, 1.82) is 0 Å². The Morgan fingerprint density at radius 3 is 2.67 bits per heavy atom. The largest absolute Gasteiger partial charge is 0.326 e. The fourth-order valence-electron chi connectivity index (χ4n) is 1.43. The van der Waals surface area contributed by atoms with Crippen LogP contribution in [-0.4, -0.2) is 19.9 Å². The van der Waals surface area contributed by atoms with Crippen LogP contribution in [0.15, 0.2) is 15.8 Å². The summed E-state index contributed by atoms with van der Waals surface area (Å²) in [4.78, 5) is 35.9. The molecule has 0 spiro atoms. The summed E-state index contributed by atoms with van der Waals surface area (Å²) in [5, 5.41) is 0.216. The Balaban J connectivity index is 0.000000810. The van der Waals surface area contributed by atoms with Crippen LogP contribution < -0.4 is 11.2 Å². The zero-order valence-corrected chi connectivity index (χ0v) is 11.6. The molecule has 96 valence electrons. The Morgan fingerprint density at radius 2 is 1.94 bits per heavy atom.